The number of thioether (sulfide) groups is 2. The fourth-order valence-corrected chi connectivity index (χ4v) is 5.79. The fourth-order valence-electron chi connectivity index (χ4n) is 1.70. The Morgan fingerprint density at radius 3 is 2.84 bits per heavy atom. The minimum absolute atomic E-state index is 0.0883. The van der Waals surface area contributed by atoms with E-state index in [9.17, 15) is 8.42 Å². The summed E-state index contributed by atoms with van der Waals surface area (Å²) in [6.45, 7) is 0.433. The Morgan fingerprint density at radius 1 is 1.42 bits per heavy atom. The third-order valence-electron chi connectivity index (χ3n) is 2.65. The lowest BCUT2D eigenvalue weighted by molar-refractivity contribution is 0.582. The first-order chi connectivity index (χ1) is 8.99. The third kappa shape index (κ3) is 4.19. The first kappa shape index (κ1) is 15.3. The molecule has 0 aromatic heterocycles. The van der Waals surface area contributed by atoms with Crippen molar-refractivity contribution in [2.24, 2.45) is 0 Å². The van der Waals surface area contributed by atoms with Gasteiger partial charge in [0.1, 0.15) is 4.90 Å². The molecule has 4 nitrogen and oxygen atoms in total. The van der Waals surface area contributed by atoms with Crippen LogP contribution in [0.2, 0.25) is 5.02 Å². The van der Waals surface area contributed by atoms with Gasteiger partial charge in [-0.1, -0.05) is 11.6 Å². The highest BCUT2D eigenvalue weighted by Gasteiger charge is 2.21. The van der Waals surface area contributed by atoms with Gasteiger partial charge >= 0.3 is 0 Å². The smallest absolute Gasteiger partial charge is 0.242 e. The molecule has 1 aliphatic rings. The largest absolute Gasteiger partial charge is 0.398 e. The number of nitrogens with one attached hydrogen (secondary N) is 1. The number of nitrogen functional groups attached to an aromatic ring is 1. The summed E-state index contributed by atoms with van der Waals surface area (Å²) in [4.78, 5) is 0.0883. The summed E-state index contributed by atoms with van der Waals surface area (Å²) in [7, 11) is -3.56. The standard InChI is InChI=1S/C11H15ClN2O2S3/c12-8-1-2-11(10(13)5-8)19(15,16)14-6-9-7-17-3-4-18-9/h1-2,5,9,14H,3-4,6-7,13H2. The molecule has 1 saturated heterocycles. The van der Waals surface area contributed by atoms with Crippen molar-refractivity contribution in [3.63, 3.8) is 0 Å². The molecule has 1 unspecified atom stereocenters. The van der Waals surface area contributed by atoms with Crippen molar-refractivity contribution >= 4 is 50.8 Å². The minimum atomic E-state index is -3.56. The van der Waals surface area contributed by atoms with Crippen molar-refractivity contribution < 1.29 is 8.42 Å². The zero-order chi connectivity index (χ0) is 13.9. The van der Waals surface area contributed by atoms with Gasteiger partial charge < -0.3 is 5.73 Å². The summed E-state index contributed by atoms with van der Waals surface area (Å²) < 4.78 is 26.9. The molecule has 0 amide bonds. The van der Waals surface area contributed by atoms with E-state index in [1.807, 2.05) is 11.8 Å². The van der Waals surface area contributed by atoms with Crippen LogP contribution < -0.4 is 10.5 Å². The van der Waals surface area contributed by atoms with Crippen molar-refractivity contribution in [1.29, 1.82) is 0 Å². The van der Waals surface area contributed by atoms with Gasteiger partial charge in [0, 0.05) is 34.1 Å². The Bertz CT molecular complexity index is 545. The second kappa shape index (κ2) is 6.58. The summed E-state index contributed by atoms with van der Waals surface area (Å²) in [5, 5.41) is 0.748. The summed E-state index contributed by atoms with van der Waals surface area (Å²) in [5.41, 5.74) is 5.88. The summed E-state index contributed by atoms with van der Waals surface area (Å²) in [5.74, 6) is 3.18. The molecule has 1 atom stereocenters. The van der Waals surface area contributed by atoms with E-state index in [2.05, 4.69) is 4.72 Å². The second-order valence-corrected chi connectivity index (χ2v) is 8.83. The molecule has 1 aliphatic heterocycles. The van der Waals surface area contributed by atoms with Gasteiger partial charge in [0.05, 0.1) is 5.69 Å². The maximum Gasteiger partial charge on any atom is 0.242 e. The molecule has 1 aromatic rings. The van der Waals surface area contributed by atoms with E-state index in [4.69, 9.17) is 17.3 Å². The van der Waals surface area contributed by atoms with Crippen molar-refractivity contribution in [2.75, 3.05) is 29.5 Å². The SMILES string of the molecule is Nc1cc(Cl)ccc1S(=O)(=O)NCC1CSCCS1. The molecule has 8 heteroatoms. The molecular weight excluding hydrogens is 324 g/mol. The molecular formula is C11H15ClN2O2S3. The van der Waals surface area contributed by atoms with Crippen LogP contribution in [0.3, 0.4) is 0 Å². The van der Waals surface area contributed by atoms with Crippen LogP contribution in [0.15, 0.2) is 23.1 Å². The van der Waals surface area contributed by atoms with Gasteiger partial charge in [0.25, 0.3) is 0 Å². The highest BCUT2D eigenvalue weighted by atomic mass is 35.5. The molecule has 0 radical (unpaired) electrons. The van der Waals surface area contributed by atoms with Crippen molar-refractivity contribution in [3.05, 3.63) is 23.2 Å². The lowest BCUT2D eigenvalue weighted by atomic mass is 10.3. The van der Waals surface area contributed by atoms with Crippen molar-refractivity contribution in [3.8, 4) is 0 Å². The Morgan fingerprint density at radius 2 is 2.21 bits per heavy atom. The summed E-state index contributed by atoms with van der Waals surface area (Å²) in [6.07, 6.45) is 0. The van der Waals surface area contributed by atoms with Gasteiger partial charge in [-0.25, -0.2) is 13.1 Å². The topological polar surface area (TPSA) is 72.2 Å². The number of anilines is 1. The number of rotatable bonds is 4. The van der Waals surface area contributed by atoms with E-state index in [0.29, 0.717) is 16.8 Å². The van der Waals surface area contributed by atoms with Crippen LogP contribution in [0.25, 0.3) is 0 Å². The normalized spacial score (nSPS) is 20.4. The Hall–Kier alpha value is -0.0800. The monoisotopic (exact) mass is 338 g/mol. The first-order valence-electron chi connectivity index (χ1n) is 5.73. The highest BCUT2D eigenvalue weighted by molar-refractivity contribution is 8.06. The molecule has 1 heterocycles. The summed E-state index contributed by atoms with van der Waals surface area (Å²) >= 11 is 9.43. The zero-order valence-electron chi connectivity index (χ0n) is 10.1. The van der Waals surface area contributed by atoms with E-state index in [1.54, 1.807) is 11.8 Å². The van der Waals surface area contributed by atoms with Crippen LogP contribution in [0.1, 0.15) is 0 Å². The summed E-state index contributed by atoms with van der Waals surface area (Å²) in [6, 6.07) is 4.40. The van der Waals surface area contributed by atoms with Crippen molar-refractivity contribution in [1.82, 2.24) is 4.72 Å². The lowest BCUT2D eigenvalue weighted by Gasteiger charge is -2.21. The van der Waals surface area contributed by atoms with Crippen LogP contribution in [0.5, 0.6) is 0 Å². The molecule has 0 saturated carbocycles. The maximum absolute atomic E-state index is 12.2. The van der Waals surface area contributed by atoms with Crippen LogP contribution >= 0.6 is 35.1 Å². The van der Waals surface area contributed by atoms with Crippen LogP contribution in [0.4, 0.5) is 5.69 Å². The van der Waals surface area contributed by atoms with E-state index >= 15 is 0 Å². The average Bonchev–Trinajstić information content (AvgIpc) is 2.37. The molecule has 0 spiro atoms. The molecule has 0 bridgehead atoms. The zero-order valence-corrected chi connectivity index (χ0v) is 13.3. The minimum Gasteiger partial charge on any atom is -0.398 e. The van der Waals surface area contributed by atoms with Crippen LogP contribution in [-0.4, -0.2) is 37.5 Å². The van der Waals surface area contributed by atoms with Gasteiger partial charge in [-0.05, 0) is 18.2 Å². The molecule has 19 heavy (non-hydrogen) atoms. The average molecular weight is 339 g/mol. The Labute approximate surface area is 126 Å². The lowest BCUT2D eigenvalue weighted by Crippen LogP contribution is -2.33. The molecule has 2 rings (SSSR count). The highest BCUT2D eigenvalue weighted by Crippen LogP contribution is 2.25. The molecule has 1 aromatic carbocycles. The van der Waals surface area contributed by atoms with Crippen molar-refractivity contribution in [2.45, 2.75) is 10.1 Å². The second-order valence-electron chi connectivity index (χ2n) is 4.10. The number of benzene rings is 1. The molecule has 1 fully saturated rings. The molecule has 0 aliphatic carbocycles. The van der Waals surface area contributed by atoms with Gasteiger partial charge in [0.15, 0.2) is 0 Å². The predicted octanol–water partition coefficient (Wildman–Crippen LogP) is 2.05. The van der Waals surface area contributed by atoms with E-state index in [-0.39, 0.29) is 10.6 Å². The number of halogens is 1. The Balaban J connectivity index is 2.05. The van der Waals surface area contributed by atoms with Crippen LogP contribution in [-0.2, 0) is 10.0 Å². The van der Waals surface area contributed by atoms with E-state index in [0.717, 1.165) is 17.3 Å². The van der Waals surface area contributed by atoms with Gasteiger partial charge in [-0.3, -0.25) is 0 Å². The van der Waals surface area contributed by atoms with Crippen LogP contribution in [0, 0.1) is 0 Å². The quantitative estimate of drug-likeness (QED) is 0.822. The third-order valence-corrected chi connectivity index (χ3v) is 7.22. The maximum atomic E-state index is 12.2. The van der Waals surface area contributed by atoms with E-state index < -0.39 is 10.0 Å². The first-order valence-corrected chi connectivity index (χ1v) is 9.79. The van der Waals surface area contributed by atoms with Gasteiger partial charge in [-0.2, -0.15) is 23.5 Å². The van der Waals surface area contributed by atoms with Gasteiger partial charge in [-0.15, -0.1) is 0 Å². The number of hydrogen-bond acceptors (Lipinski definition) is 5. The number of sulfonamides is 1. The molecule has 3 N–H and O–H groups in total. The number of nitrogens with two attached hydrogens (primary N) is 1. The van der Waals surface area contributed by atoms with Gasteiger partial charge in [0.2, 0.25) is 10.0 Å². The fraction of sp³-hybridized carbons (Fsp3) is 0.455. The number of hydrogen-bond donors (Lipinski definition) is 2. The predicted molar refractivity (Wildman–Crippen MR) is 84.6 cm³/mol. The molecule has 106 valence electrons. The Kier molecular flexibility index (Phi) is 5.30. The van der Waals surface area contributed by atoms with E-state index in [1.165, 1.54) is 18.2 Å².